The van der Waals surface area contributed by atoms with Crippen molar-refractivity contribution in [2.45, 2.75) is 32.9 Å². The summed E-state index contributed by atoms with van der Waals surface area (Å²) in [5.74, 6) is -0.467. The number of esters is 1. The number of ether oxygens (including phenoxy) is 1. The molecule has 0 radical (unpaired) electrons. The number of nitrogens with zero attached hydrogens (tertiary/aromatic N) is 3. The Kier molecular flexibility index (Phi) is 4.91. The van der Waals surface area contributed by atoms with Crippen molar-refractivity contribution >= 4 is 11.6 Å². The molecule has 0 atom stereocenters. The van der Waals surface area contributed by atoms with E-state index in [0.29, 0.717) is 16.0 Å². The monoisotopic (exact) mass is 377 g/mol. The topological polar surface area (TPSA) is 56.5 Å². The first-order valence-corrected chi connectivity index (χ1v) is 8.45. The Morgan fingerprint density at radius 3 is 2.44 bits per heavy atom. The zero-order valence-electron chi connectivity index (χ0n) is 15.0. The largest absolute Gasteiger partial charge is 0.462 e. The van der Waals surface area contributed by atoms with Crippen molar-refractivity contribution < 1.29 is 22.7 Å². The smallest absolute Gasteiger partial charge is 0.433 e. The summed E-state index contributed by atoms with van der Waals surface area (Å²) in [5, 5.41) is 3.69. The molecule has 0 fully saturated rings. The van der Waals surface area contributed by atoms with Crippen LogP contribution >= 0.6 is 0 Å². The molecule has 0 N–H and O–H groups in total. The van der Waals surface area contributed by atoms with Crippen LogP contribution < -0.4 is 0 Å². The van der Waals surface area contributed by atoms with Gasteiger partial charge in [-0.2, -0.15) is 18.3 Å². The number of hydrogen-bond donors (Lipinski definition) is 0. The van der Waals surface area contributed by atoms with Gasteiger partial charge in [-0.25, -0.2) is 14.3 Å². The predicted octanol–water partition coefficient (Wildman–Crippen LogP) is 4.72. The van der Waals surface area contributed by atoms with Crippen molar-refractivity contribution in [2.24, 2.45) is 0 Å². The zero-order valence-corrected chi connectivity index (χ0v) is 15.0. The molecule has 5 nitrogen and oxygen atoms in total. The Hall–Kier alpha value is -2.90. The minimum absolute atomic E-state index is 0.0959. The molecule has 142 valence electrons. The van der Waals surface area contributed by atoms with E-state index in [2.05, 4.69) is 10.1 Å². The van der Waals surface area contributed by atoms with Crippen molar-refractivity contribution in [1.82, 2.24) is 14.6 Å². The first-order valence-electron chi connectivity index (χ1n) is 8.45. The molecule has 0 aliphatic rings. The van der Waals surface area contributed by atoms with Crippen molar-refractivity contribution in [3.63, 3.8) is 0 Å². The van der Waals surface area contributed by atoms with E-state index in [9.17, 15) is 18.0 Å². The lowest BCUT2D eigenvalue weighted by molar-refractivity contribution is -0.142. The van der Waals surface area contributed by atoms with E-state index in [0.717, 1.165) is 17.8 Å². The first-order chi connectivity index (χ1) is 12.7. The molecule has 2 aromatic heterocycles. The molecule has 0 saturated heterocycles. The third-order valence-electron chi connectivity index (χ3n) is 4.13. The molecule has 0 spiro atoms. The second kappa shape index (κ2) is 7.02. The molecule has 3 rings (SSSR count). The first kappa shape index (κ1) is 18.9. The Labute approximate surface area is 153 Å². The lowest BCUT2D eigenvalue weighted by Crippen LogP contribution is -2.14. The van der Waals surface area contributed by atoms with Crippen molar-refractivity contribution in [3.8, 4) is 11.3 Å². The summed E-state index contributed by atoms with van der Waals surface area (Å²) < 4.78 is 46.1. The second-order valence-electron chi connectivity index (χ2n) is 6.32. The molecular formula is C19H18F3N3O2. The van der Waals surface area contributed by atoms with Gasteiger partial charge < -0.3 is 4.74 Å². The van der Waals surface area contributed by atoms with E-state index in [1.807, 2.05) is 26.0 Å². The van der Waals surface area contributed by atoms with Gasteiger partial charge in [-0.3, -0.25) is 0 Å². The summed E-state index contributed by atoms with van der Waals surface area (Å²) in [7, 11) is 0. The molecule has 0 amide bonds. The van der Waals surface area contributed by atoms with Gasteiger partial charge in [0.05, 0.1) is 18.5 Å². The van der Waals surface area contributed by atoms with Crippen molar-refractivity contribution in [2.75, 3.05) is 6.61 Å². The number of carbonyl (C=O) groups is 1. The van der Waals surface area contributed by atoms with Gasteiger partial charge in [-0.15, -0.1) is 0 Å². The summed E-state index contributed by atoms with van der Waals surface area (Å²) in [6.07, 6.45) is -3.62. The van der Waals surface area contributed by atoms with Crippen LogP contribution in [0.15, 0.2) is 36.5 Å². The van der Waals surface area contributed by atoms with E-state index >= 15 is 0 Å². The van der Waals surface area contributed by atoms with Crippen LogP contribution in [0.4, 0.5) is 13.2 Å². The number of hydrogen-bond acceptors (Lipinski definition) is 4. The van der Waals surface area contributed by atoms with Gasteiger partial charge in [0.15, 0.2) is 11.3 Å². The molecule has 2 heterocycles. The summed E-state index contributed by atoms with van der Waals surface area (Å²) >= 11 is 0. The Morgan fingerprint density at radius 2 is 1.89 bits per heavy atom. The zero-order chi connectivity index (χ0) is 19.8. The summed E-state index contributed by atoms with van der Waals surface area (Å²) in [6.45, 7) is 5.76. The number of rotatable bonds is 4. The molecular weight excluding hydrogens is 359 g/mol. The molecule has 8 heteroatoms. The van der Waals surface area contributed by atoms with Gasteiger partial charge >= 0.3 is 12.1 Å². The van der Waals surface area contributed by atoms with E-state index in [1.54, 1.807) is 19.1 Å². The van der Waals surface area contributed by atoms with Gasteiger partial charge in [-0.05, 0) is 24.5 Å². The van der Waals surface area contributed by atoms with Crippen molar-refractivity contribution in [1.29, 1.82) is 0 Å². The van der Waals surface area contributed by atoms with Crippen LogP contribution in [0.2, 0.25) is 0 Å². The van der Waals surface area contributed by atoms with Gasteiger partial charge in [0.25, 0.3) is 0 Å². The third-order valence-corrected chi connectivity index (χ3v) is 4.13. The Bertz CT molecular complexity index is 976. The molecule has 1 aromatic carbocycles. The third kappa shape index (κ3) is 3.65. The number of halogens is 3. The normalized spacial score (nSPS) is 12.0. The highest BCUT2D eigenvalue weighted by Gasteiger charge is 2.36. The average molecular weight is 377 g/mol. The maximum absolute atomic E-state index is 13.5. The van der Waals surface area contributed by atoms with Crippen LogP contribution in [-0.2, 0) is 10.9 Å². The van der Waals surface area contributed by atoms with E-state index in [4.69, 9.17) is 4.74 Å². The maximum Gasteiger partial charge on any atom is 0.433 e. The minimum atomic E-state index is -4.66. The molecule has 0 aliphatic carbocycles. The maximum atomic E-state index is 13.5. The Morgan fingerprint density at radius 1 is 1.22 bits per heavy atom. The molecule has 27 heavy (non-hydrogen) atoms. The lowest BCUT2D eigenvalue weighted by Gasteiger charge is -2.12. The van der Waals surface area contributed by atoms with Gasteiger partial charge in [0.1, 0.15) is 5.56 Å². The minimum Gasteiger partial charge on any atom is -0.462 e. The van der Waals surface area contributed by atoms with Gasteiger partial charge in [0.2, 0.25) is 0 Å². The summed E-state index contributed by atoms with van der Waals surface area (Å²) in [6, 6.07) is 8.06. The molecule has 0 bridgehead atoms. The van der Waals surface area contributed by atoms with Crippen LogP contribution in [0.5, 0.6) is 0 Å². The molecule has 0 unspecified atom stereocenters. The van der Waals surface area contributed by atoms with Crippen LogP contribution in [0.25, 0.3) is 16.9 Å². The summed E-state index contributed by atoms with van der Waals surface area (Å²) in [5.41, 5.74) is 0.382. The van der Waals surface area contributed by atoms with Crippen LogP contribution in [0.1, 0.15) is 48.3 Å². The number of benzene rings is 1. The number of carbonyl (C=O) groups excluding carboxylic acids is 1. The highest BCUT2D eigenvalue weighted by molar-refractivity contribution is 5.96. The SMILES string of the molecule is CCOC(=O)c1cnn2c(C(F)(F)F)cc(-c3ccc(C(C)C)cc3)nc12. The van der Waals surface area contributed by atoms with Crippen molar-refractivity contribution in [3.05, 3.63) is 53.3 Å². The van der Waals surface area contributed by atoms with Crippen LogP contribution in [0.3, 0.4) is 0 Å². The lowest BCUT2D eigenvalue weighted by atomic mass is 10.0. The number of alkyl halides is 3. The van der Waals surface area contributed by atoms with Crippen LogP contribution in [-0.4, -0.2) is 27.2 Å². The van der Waals surface area contributed by atoms with E-state index in [-0.39, 0.29) is 23.5 Å². The number of fused-ring (bicyclic) bond motifs is 1. The fraction of sp³-hybridized carbons (Fsp3) is 0.316. The molecule has 0 aliphatic heterocycles. The average Bonchev–Trinajstić information content (AvgIpc) is 3.04. The molecule has 0 saturated carbocycles. The quantitative estimate of drug-likeness (QED) is 0.618. The van der Waals surface area contributed by atoms with E-state index < -0.39 is 17.8 Å². The fourth-order valence-electron chi connectivity index (χ4n) is 2.70. The summed E-state index contributed by atoms with van der Waals surface area (Å²) in [4.78, 5) is 16.3. The number of aromatic nitrogens is 3. The highest BCUT2D eigenvalue weighted by Crippen LogP contribution is 2.33. The molecule has 3 aromatic rings. The highest BCUT2D eigenvalue weighted by atomic mass is 19.4. The second-order valence-corrected chi connectivity index (χ2v) is 6.32. The predicted molar refractivity (Wildman–Crippen MR) is 93.5 cm³/mol. The van der Waals surface area contributed by atoms with Gasteiger partial charge in [0, 0.05) is 5.56 Å². The standard InChI is InChI=1S/C19H18F3N3O2/c1-4-27-18(26)14-10-23-25-16(19(20,21)22)9-15(24-17(14)25)13-7-5-12(6-8-13)11(2)3/h5-11H,4H2,1-3H3. The Balaban J connectivity index is 2.21. The fourth-order valence-corrected chi connectivity index (χ4v) is 2.70. The van der Waals surface area contributed by atoms with Gasteiger partial charge in [-0.1, -0.05) is 38.1 Å². The van der Waals surface area contributed by atoms with Crippen LogP contribution in [0, 0.1) is 0 Å². The van der Waals surface area contributed by atoms with E-state index in [1.165, 1.54) is 0 Å².